The van der Waals surface area contributed by atoms with Crippen LogP contribution >= 0.6 is 0 Å². The average molecular weight is 226 g/mol. The van der Waals surface area contributed by atoms with Crippen LogP contribution in [0.25, 0.3) is 0 Å². The lowest BCUT2D eigenvalue weighted by Crippen LogP contribution is -2.34. The van der Waals surface area contributed by atoms with E-state index in [2.05, 4.69) is 4.90 Å². The number of carbonyl (C=O) groups is 2. The smallest absolute Gasteiger partial charge is 0.328 e. The van der Waals surface area contributed by atoms with Crippen molar-refractivity contribution in [3.63, 3.8) is 0 Å². The van der Waals surface area contributed by atoms with Crippen LogP contribution in [0.15, 0.2) is 12.2 Å². The van der Waals surface area contributed by atoms with Gasteiger partial charge in [-0.1, -0.05) is 0 Å². The Bertz CT molecular complexity index is 283. The molecule has 0 spiro atoms. The molecule has 0 aliphatic carbocycles. The molecule has 90 valence electrons. The maximum atomic E-state index is 11.4. The van der Waals surface area contributed by atoms with Gasteiger partial charge in [0.1, 0.15) is 0 Å². The van der Waals surface area contributed by atoms with Gasteiger partial charge < -0.3 is 14.9 Å². The number of amides is 1. The third-order valence-electron chi connectivity index (χ3n) is 2.70. The van der Waals surface area contributed by atoms with Gasteiger partial charge in [-0.2, -0.15) is 0 Å². The molecule has 16 heavy (non-hydrogen) atoms. The summed E-state index contributed by atoms with van der Waals surface area (Å²) in [7, 11) is 1.69. The van der Waals surface area contributed by atoms with Crippen LogP contribution in [0.1, 0.15) is 12.8 Å². The summed E-state index contributed by atoms with van der Waals surface area (Å²) in [5, 5.41) is 8.38. The quantitative estimate of drug-likeness (QED) is 0.679. The molecule has 0 aromatic rings. The predicted octanol–water partition coefficient (Wildman–Crippen LogP) is 0.181. The van der Waals surface area contributed by atoms with Crippen molar-refractivity contribution in [1.29, 1.82) is 0 Å². The second-order valence-corrected chi connectivity index (χ2v) is 3.98. The highest BCUT2D eigenvalue weighted by atomic mass is 16.4. The summed E-state index contributed by atoms with van der Waals surface area (Å²) >= 11 is 0. The minimum Gasteiger partial charge on any atom is -0.478 e. The summed E-state index contributed by atoms with van der Waals surface area (Å²) in [5.74, 6) is -1.36. The normalized spacial score (nSPS) is 16.8. The topological polar surface area (TPSA) is 60.9 Å². The lowest BCUT2D eigenvalue weighted by molar-refractivity contribution is -0.132. The van der Waals surface area contributed by atoms with Gasteiger partial charge >= 0.3 is 5.97 Å². The third kappa shape index (κ3) is 4.44. The van der Waals surface area contributed by atoms with Gasteiger partial charge in [0, 0.05) is 32.3 Å². The van der Waals surface area contributed by atoms with E-state index in [1.807, 2.05) is 0 Å². The first-order chi connectivity index (χ1) is 7.59. The van der Waals surface area contributed by atoms with E-state index >= 15 is 0 Å². The molecule has 1 amide bonds. The molecule has 0 unspecified atom stereocenters. The van der Waals surface area contributed by atoms with E-state index < -0.39 is 5.97 Å². The predicted molar refractivity (Wildman–Crippen MR) is 60.1 cm³/mol. The number of likely N-dealkylation sites (tertiary alicyclic amines) is 1. The second kappa shape index (κ2) is 6.27. The van der Waals surface area contributed by atoms with Gasteiger partial charge in [-0.3, -0.25) is 4.79 Å². The van der Waals surface area contributed by atoms with Crippen molar-refractivity contribution in [3.05, 3.63) is 12.2 Å². The van der Waals surface area contributed by atoms with Gasteiger partial charge in [-0.05, 0) is 25.9 Å². The molecule has 1 heterocycles. The summed E-state index contributed by atoms with van der Waals surface area (Å²) in [6.45, 7) is 3.71. The highest BCUT2D eigenvalue weighted by Crippen LogP contribution is 2.06. The molecule has 5 heteroatoms. The summed E-state index contributed by atoms with van der Waals surface area (Å²) in [6.07, 6.45) is 4.42. The summed E-state index contributed by atoms with van der Waals surface area (Å²) in [5.41, 5.74) is 0. The SMILES string of the molecule is CN(CCN1CCCC1)C(=O)C=CC(=O)O. The van der Waals surface area contributed by atoms with Crippen molar-refractivity contribution in [2.24, 2.45) is 0 Å². The fourth-order valence-corrected chi connectivity index (χ4v) is 1.68. The number of hydrogen-bond donors (Lipinski definition) is 1. The monoisotopic (exact) mass is 226 g/mol. The van der Waals surface area contributed by atoms with Gasteiger partial charge in [-0.25, -0.2) is 4.79 Å². The van der Waals surface area contributed by atoms with Crippen molar-refractivity contribution >= 4 is 11.9 Å². The highest BCUT2D eigenvalue weighted by Gasteiger charge is 2.13. The molecule has 1 aliphatic heterocycles. The van der Waals surface area contributed by atoms with Gasteiger partial charge in [0.2, 0.25) is 5.91 Å². The Morgan fingerprint density at radius 3 is 2.50 bits per heavy atom. The Kier molecular flexibility index (Phi) is 4.98. The van der Waals surface area contributed by atoms with E-state index in [1.54, 1.807) is 7.05 Å². The molecule has 0 bridgehead atoms. The van der Waals surface area contributed by atoms with Crippen molar-refractivity contribution in [1.82, 2.24) is 9.80 Å². The third-order valence-corrected chi connectivity index (χ3v) is 2.70. The first-order valence-electron chi connectivity index (χ1n) is 5.48. The van der Waals surface area contributed by atoms with E-state index in [-0.39, 0.29) is 5.91 Å². The highest BCUT2D eigenvalue weighted by molar-refractivity contribution is 5.93. The largest absolute Gasteiger partial charge is 0.478 e. The number of rotatable bonds is 5. The standard InChI is InChI=1S/C11H18N2O3/c1-12(10(14)4-5-11(15)16)8-9-13-6-2-3-7-13/h4-5H,2-3,6-9H2,1H3,(H,15,16). The maximum Gasteiger partial charge on any atom is 0.328 e. The molecular formula is C11H18N2O3. The molecule has 1 rings (SSSR count). The molecule has 1 aliphatic rings. The lowest BCUT2D eigenvalue weighted by atomic mass is 10.4. The second-order valence-electron chi connectivity index (χ2n) is 3.98. The fourth-order valence-electron chi connectivity index (χ4n) is 1.68. The fraction of sp³-hybridized carbons (Fsp3) is 0.636. The van der Waals surface area contributed by atoms with E-state index in [0.29, 0.717) is 6.54 Å². The Morgan fingerprint density at radius 1 is 1.31 bits per heavy atom. The minimum atomic E-state index is -1.10. The molecule has 0 radical (unpaired) electrons. The molecule has 1 fully saturated rings. The van der Waals surface area contributed by atoms with Crippen molar-refractivity contribution in [2.75, 3.05) is 33.2 Å². The maximum absolute atomic E-state index is 11.4. The Morgan fingerprint density at radius 2 is 1.94 bits per heavy atom. The van der Waals surface area contributed by atoms with E-state index in [1.165, 1.54) is 17.7 Å². The Hall–Kier alpha value is -1.36. The van der Waals surface area contributed by atoms with Crippen molar-refractivity contribution in [2.45, 2.75) is 12.8 Å². The van der Waals surface area contributed by atoms with Crippen LogP contribution in [0.2, 0.25) is 0 Å². The van der Waals surface area contributed by atoms with E-state index in [4.69, 9.17) is 5.11 Å². The molecule has 5 nitrogen and oxygen atoms in total. The molecule has 0 aromatic carbocycles. The zero-order chi connectivity index (χ0) is 12.0. The van der Waals surface area contributed by atoms with Crippen molar-refractivity contribution < 1.29 is 14.7 Å². The number of carbonyl (C=O) groups excluding carboxylic acids is 1. The first kappa shape index (κ1) is 12.7. The van der Waals surface area contributed by atoms with Crippen LogP contribution in [0, 0.1) is 0 Å². The van der Waals surface area contributed by atoms with Crippen LogP contribution in [-0.4, -0.2) is 60.0 Å². The number of nitrogens with zero attached hydrogens (tertiary/aromatic N) is 2. The molecule has 0 aromatic heterocycles. The zero-order valence-electron chi connectivity index (χ0n) is 9.56. The van der Waals surface area contributed by atoms with Crippen LogP contribution < -0.4 is 0 Å². The number of carboxylic acids is 1. The number of aliphatic carboxylic acids is 1. The van der Waals surface area contributed by atoms with Crippen LogP contribution in [0.3, 0.4) is 0 Å². The van der Waals surface area contributed by atoms with E-state index in [0.717, 1.165) is 31.8 Å². The lowest BCUT2D eigenvalue weighted by Gasteiger charge is -2.20. The van der Waals surface area contributed by atoms with Gasteiger partial charge in [0.15, 0.2) is 0 Å². The molecule has 0 atom stereocenters. The summed E-state index contributed by atoms with van der Waals surface area (Å²) in [6, 6.07) is 0. The Labute approximate surface area is 95.3 Å². The molecular weight excluding hydrogens is 208 g/mol. The van der Waals surface area contributed by atoms with Crippen LogP contribution in [-0.2, 0) is 9.59 Å². The Balaban J connectivity index is 2.25. The first-order valence-corrected chi connectivity index (χ1v) is 5.48. The van der Waals surface area contributed by atoms with Crippen LogP contribution in [0.4, 0.5) is 0 Å². The zero-order valence-corrected chi connectivity index (χ0v) is 9.56. The molecule has 1 saturated heterocycles. The number of likely N-dealkylation sites (N-methyl/N-ethyl adjacent to an activating group) is 1. The van der Waals surface area contributed by atoms with Crippen molar-refractivity contribution in [3.8, 4) is 0 Å². The summed E-state index contributed by atoms with van der Waals surface area (Å²) < 4.78 is 0. The van der Waals surface area contributed by atoms with Gasteiger partial charge in [0.25, 0.3) is 0 Å². The van der Waals surface area contributed by atoms with Crippen LogP contribution in [0.5, 0.6) is 0 Å². The summed E-state index contributed by atoms with van der Waals surface area (Å²) in [4.78, 5) is 25.5. The number of hydrogen-bond acceptors (Lipinski definition) is 3. The van der Waals surface area contributed by atoms with Gasteiger partial charge in [0.05, 0.1) is 0 Å². The van der Waals surface area contributed by atoms with E-state index in [9.17, 15) is 9.59 Å². The number of carboxylic acid groups (broad SMARTS) is 1. The molecule has 1 N–H and O–H groups in total. The minimum absolute atomic E-state index is 0.262. The molecule has 0 saturated carbocycles. The van der Waals surface area contributed by atoms with Gasteiger partial charge in [-0.15, -0.1) is 0 Å². The average Bonchev–Trinajstić information content (AvgIpc) is 2.75.